The molecule has 0 spiro atoms. The van der Waals surface area contributed by atoms with Crippen LogP contribution in [0.2, 0.25) is 0 Å². The van der Waals surface area contributed by atoms with Gasteiger partial charge in [0.15, 0.2) is 5.96 Å². The van der Waals surface area contributed by atoms with Crippen molar-refractivity contribution in [3.63, 3.8) is 0 Å². The van der Waals surface area contributed by atoms with E-state index in [-0.39, 0.29) is 24.0 Å². The summed E-state index contributed by atoms with van der Waals surface area (Å²) in [6.07, 6.45) is 2.29. The Bertz CT molecular complexity index is 434. The van der Waals surface area contributed by atoms with Gasteiger partial charge in [0, 0.05) is 35.9 Å². The predicted molar refractivity (Wildman–Crippen MR) is 110 cm³/mol. The third kappa shape index (κ3) is 7.78. The Balaban J connectivity index is 0.00000441. The molecule has 128 valence electrons. The van der Waals surface area contributed by atoms with Crippen LogP contribution < -0.4 is 10.6 Å². The van der Waals surface area contributed by atoms with E-state index >= 15 is 0 Å². The van der Waals surface area contributed by atoms with Gasteiger partial charge in [-0.05, 0) is 38.9 Å². The van der Waals surface area contributed by atoms with Gasteiger partial charge >= 0.3 is 0 Å². The highest BCUT2D eigenvalue weighted by atomic mass is 127. The van der Waals surface area contributed by atoms with Gasteiger partial charge in [0.1, 0.15) is 0 Å². The third-order valence-corrected chi connectivity index (χ3v) is 5.05. The summed E-state index contributed by atoms with van der Waals surface area (Å²) in [7, 11) is 3.99. The van der Waals surface area contributed by atoms with E-state index in [0.29, 0.717) is 6.04 Å². The largest absolute Gasteiger partial charge is 0.355 e. The lowest BCUT2D eigenvalue weighted by Crippen LogP contribution is -2.42. The van der Waals surface area contributed by atoms with Gasteiger partial charge in [0.05, 0.1) is 6.54 Å². The van der Waals surface area contributed by atoms with Crippen molar-refractivity contribution >= 4 is 41.3 Å². The van der Waals surface area contributed by atoms with E-state index in [1.54, 1.807) is 0 Å². The van der Waals surface area contributed by atoms with Gasteiger partial charge in [-0.25, -0.2) is 0 Å². The minimum Gasteiger partial charge on any atom is -0.355 e. The van der Waals surface area contributed by atoms with Crippen LogP contribution in [-0.4, -0.2) is 44.1 Å². The van der Waals surface area contributed by atoms with Crippen molar-refractivity contribution in [2.75, 3.05) is 27.2 Å². The Morgan fingerprint density at radius 3 is 2.50 bits per heavy atom. The first-order chi connectivity index (χ1) is 10.1. The highest BCUT2D eigenvalue weighted by Gasteiger charge is 2.06. The first kappa shape index (κ1) is 21.7. The fourth-order valence-corrected chi connectivity index (χ4v) is 2.88. The van der Waals surface area contributed by atoms with Crippen molar-refractivity contribution in [2.45, 2.75) is 46.2 Å². The molecule has 0 saturated carbocycles. The highest BCUT2D eigenvalue weighted by molar-refractivity contribution is 14.0. The lowest BCUT2D eigenvalue weighted by atomic mass is 10.2. The van der Waals surface area contributed by atoms with Crippen molar-refractivity contribution in [1.82, 2.24) is 15.5 Å². The number of nitrogens with one attached hydrogen (secondary N) is 2. The van der Waals surface area contributed by atoms with Crippen LogP contribution in [0.5, 0.6) is 0 Å². The fourth-order valence-electron chi connectivity index (χ4n) is 1.98. The van der Waals surface area contributed by atoms with Crippen LogP contribution in [0.4, 0.5) is 0 Å². The third-order valence-electron chi connectivity index (χ3n) is 3.82. The molecule has 0 fully saturated rings. The second-order valence-electron chi connectivity index (χ2n) is 5.31. The summed E-state index contributed by atoms with van der Waals surface area (Å²) in [5.41, 5.74) is 0. The van der Waals surface area contributed by atoms with Crippen molar-refractivity contribution < 1.29 is 0 Å². The minimum atomic E-state index is 0. The zero-order chi connectivity index (χ0) is 15.7. The second-order valence-corrected chi connectivity index (χ2v) is 6.56. The van der Waals surface area contributed by atoms with Gasteiger partial charge in [-0.15, -0.1) is 35.3 Å². The number of aryl methyl sites for hydroxylation is 1. The van der Waals surface area contributed by atoms with E-state index in [1.165, 1.54) is 16.2 Å². The van der Waals surface area contributed by atoms with E-state index in [2.05, 4.69) is 60.5 Å². The number of likely N-dealkylation sites (N-methyl/N-ethyl adjacent to an activating group) is 1. The molecular weight excluding hydrogens is 407 g/mol. The summed E-state index contributed by atoms with van der Waals surface area (Å²) in [4.78, 5) is 9.43. The molecule has 0 saturated heterocycles. The van der Waals surface area contributed by atoms with Crippen molar-refractivity contribution in [3.8, 4) is 0 Å². The van der Waals surface area contributed by atoms with Gasteiger partial charge in [-0.2, -0.15) is 0 Å². The number of thiophene rings is 1. The lowest BCUT2D eigenvalue weighted by Gasteiger charge is -2.23. The van der Waals surface area contributed by atoms with Crippen molar-refractivity contribution in [1.29, 1.82) is 0 Å². The van der Waals surface area contributed by atoms with E-state index in [1.807, 2.05) is 18.4 Å². The van der Waals surface area contributed by atoms with Gasteiger partial charge < -0.3 is 15.5 Å². The maximum absolute atomic E-state index is 4.27. The molecule has 0 aromatic carbocycles. The Hall–Kier alpha value is -0.340. The summed E-state index contributed by atoms with van der Waals surface area (Å²) < 4.78 is 0. The number of nitrogens with zero attached hydrogens (tertiary/aromatic N) is 2. The van der Waals surface area contributed by atoms with Crippen molar-refractivity contribution in [2.24, 2.45) is 4.99 Å². The lowest BCUT2D eigenvalue weighted by molar-refractivity contribution is 0.255. The minimum absolute atomic E-state index is 0. The highest BCUT2D eigenvalue weighted by Crippen LogP contribution is 2.16. The molecule has 1 heterocycles. The predicted octanol–water partition coefficient (Wildman–Crippen LogP) is 3.32. The van der Waals surface area contributed by atoms with E-state index in [9.17, 15) is 0 Å². The summed E-state index contributed by atoms with van der Waals surface area (Å²) >= 11 is 1.87. The smallest absolute Gasteiger partial charge is 0.191 e. The van der Waals surface area contributed by atoms with Crippen LogP contribution in [0.15, 0.2) is 17.1 Å². The summed E-state index contributed by atoms with van der Waals surface area (Å²) in [6.45, 7) is 9.44. The van der Waals surface area contributed by atoms with Crippen molar-refractivity contribution in [3.05, 3.63) is 21.9 Å². The molecular formula is C16H31IN4S. The number of aliphatic imine (C=N–C) groups is 1. The quantitative estimate of drug-likeness (QED) is 0.372. The molecule has 1 aromatic rings. The van der Waals surface area contributed by atoms with E-state index < -0.39 is 0 Å². The van der Waals surface area contributed by atoms with Crippen LogP contribution >= 0.6 is 35.3 Å². The molecule has 0 aliphatic carbocycles. The zero-order valence-corrected chi connectivity index (χ0v) is 17.6. The molecule has 0 aliphatic heterocycles. The molecule has 2 N–H and O–H groups in total. The maximum Gasteiger partial charge on any atom is 0.191 e. The number of rotatable bonds is 8. The van der Waals surface area contributed by atoms with E-state index in [4.69, 9.17) is 0 Å². The van der Waals surface area contributed by atoms with Crippen LogP contribution in [-0.2, 0) is 13.0 Å². The summed E-state index contributed by atoms with van der Waals surface area (Å²) in [5, 5.41) is 6.74. The Morgan fingerprint density at radius 1 is 1.27 bits per heavy atom. The second kappa shape index (κ2) is 12.1. The standard InChI is InChI=1S/C16H30N4S.HI/c1-6-13(3)20(5)11-10-18-16(17-4)19-12-15-9-8-14(7-2)21-15;/h8-9,13H,6-7,10-12H2,1-5H3,(H2,17,18,19);1H. The van der Waals surface area contributed by atoms with Gasteiger partial charge in [-0.1, -0.05) is 13.8 Å². The zero-order valence-electron chi connectivity index (χ0n) is 14.5. The normalized spacial score (nSPS) is 12.9. The first-order valence-electron chi connectivity index (χ1n) is 7.83. The molecule has 1 atom stereocenters. The molecule has 0 radical (unpaired) electrons. The number of guanidine groups is 1. The molecule has 22 heavy (non-hydrogen) atoms. The first-order valence-corrected chi connectivity index (χ1v) is 8.64. The monoisotopic (exact) mass is 438 g/mol. The van der Waals surface area contributed by atoms with Crippen LogP contribution in [0.3, 0.4) is 0 Å². The van der Waals surface area contributed by atoms with Gasteiger partial charge in [0.2, 0.25) is 0 Å². The summed E-state index contributed by atoms with van der Waals surface area (Å²) in [5.74, 6) is 0.874. The summed E-state index contributed by atoms with van der Waals surface area (Å²) in [6, 6.07) is 5.03. The van der Waals surface area contributed by atoms with Crippen LogP contribution in [0, 0.1) is 0 Å². The number of halogens is 1. The van der Waals surface area contributed by atoms with E-state index in [0.717, 1.165) is 32.0 Å². The molecule has 0 aliphatic rings. The molecule has 1 aromatic heterocycles. The maximum atomic E-state index is 4.27. The number of hydrogen-bond donors (Lipinski definition) is 2. The molecule has 0 bridgehead atoms. The molecule has 6 heteroatoms. The number of hydrogen-bond acceptors (Lipinski definition) is 3. The molecule has 1 unspecified atom stereocenters. The van der Waals surface area contributed by atoms with Crippen LogP contribution in [0.25, 0.3) is 0 Å². The fraction of sp³-hybridized carbons (Fsp3) is 0.688. The van der Waals surface area contributed by atoms with Gasteiger partial charge in [0.25, 0.3) is 0 Å². The average molecular weight is 438 g/mol. The average Bonchev–Trinajstić information content (AvgIpc) is 2.97. The van der Waals surface area contributed by atoms with Crippen LogP contribution in [0.1, 0.15) is 36.9 Å². The Morgan fingerprint density at radius 2 is 1.95 bits per heavy atom. The molecule has 0 amide bonds. The SMILES string of the molecule is CCc1ccc(CNC(=NC)NCCN(C)C(C)CC)s1.I. The Kier molecular flexibility index (Phi) is 11.9. The Labute approximate surface area is 156 Å². The van der Waals surface area contributed by atoms with Gasteiger partial charge in [-0.3, -0.25) is 4.99 Å². The molecule has 4 nitrogen and oxygen atoms in total. The topological polar surface area (TPSA) is 39.7 Å². The molecule has 1 rings (SSSR count).